The van der Waals surface area contributed by atoms with Crippen LogP contribution >= 0.6 is 0 Å². The standard InChI is InChI=1S/C19H23N3O5/c1-13(2)11-16(24)27-12-15(23)21-22-17(25)19(3,20-18(22)26)10-9-14-7-5-4-6-8-14/h4-8,11H,9-10,12H2,1-3H3,(H,20,26)(H,21,23)/t19-/m0/s1. The van der Waals surface area contributed by atoms with Gasteiger partial charge in [-0.05, 0) is 39.2 Å². The molecule has 1 saturated heterocycles. The number of amides is 4. The number of ether oxygens (including phenoxy) is 1. The van der Waals surface area contributed by atoms with Crippen LogP contribution in [0.5, 0.6) is 0 Å². The fourth-order valence-corrected chi connectivity index (χ4v) is 2.57. The van der Waals surface area contributed by atoms with Crippen molar-refractivity contribution in [3.8, 4) is 0 Å². The number of hydrogen-bond donors (Lipinski definition) is 2. The zero-order chi connectivity index (χ0) is 20.0. The number of hydrazine groups is 1. The fraction of sp³-hybridized carbons (Fsp3) is 0.368. The van der Waals surface area contributed by atoms with Crippen molar-refractivity contribution in [1.29, 1.82) is 0 Å². The maximum atomic E-state index is 12.6. The fourth-order valence-electron chi connectivity index (χ4n) is 2.57. The molecule has 0 saturated carbocycles. The van der Waals surface area contributed by atoms with Gasteiger partial charge in [-0.25, -0.2) is 9.59 Å². The first-order valence-corrected chi connectivity index (χ1v) is 8.53. The molecule has 4 amide bonds. The Morgan fingerprint density at radius 3 is 2.52 bits per heavy atom. The Balaban J connectivity index is 1.91. The van der Waals surface area contributed by atoms with E-state index in [-0.39, 0.29) is 0 Å². The highest BCUT2D eigenvalue weighted by atomic mass is 16.5. The minimum Gasteiger partial charge on any atom is -0.452 e. The average Bonchev–Trinajstić information content (AvgIpc) is 2.82. The van der Waals surface area contributed by atoms with Crippen LogP contribution in [0.2, 0.25) is 0 Å². The number of carbonyl (C=O) groups excluding carboxylic acids is 4. The Morgan fingerprint density at radius 1 is 1.22 bits per heavy atom. The van der Waals surface area contributed by atoms with Crippen LogP contribution < -0.4 is 10.7 Å². The van der Waals surface area contributed by atoms with Crippen LogP contribution in [-0.4, -0.2) is 41.0 Å². The third kappa shape index (κ3) is 5.40. The summed E-state index contributed by atoms with van der Waals surface area (Å²) < 4.78 is 4.76. The molecule has 1 aromatic rings. The van der Waals surface area contributed by atoms with Crippen LogP contribution in [0.1, 0.15) is 32.8 Å². The van der Waals surface area contributed by atoms with Crippen LogP contribution in [0.25, 0.3) is 0 Å². The van der Waals surface area contributed by atoms with Crippen molar-refractivity contribution in [1.82, 2.24) is 15.8 Å². The number of nitrogens with zero attached hydrogens (tertiary/aromatic N) is 1. The normalized spacial score (nSPS) is 18.7. The summed E-state index contributed by atoms with van der Waals surface area (Å²) >= 11 is 0. The van der Waals surface area contributed by atoms with Gasteiger partial charge in [0, 0.05) is 6.08 Å². The summed E-state index contributed by atoms with van der Waals surface area (Å²) in [4.78, 5) is 48.0. The van der Waals surface area contributed by atoms with E-state index in [9.17, 15) is 19.2 Å². The van der Waals surface area contributed by atoms with Crippen LogP contribution in [0.4, 0.5) is 4.79 Å². The second-order valence-electron chi connectivity index (χ2n) is 6.75. The number of hydrogen-bond acceptors (Lipinski definition) is 5. The molecule has 1 aromatic carbocycles. The Bertz CT molecular complexity index is 771. The van der Waals surface area contributed by atoms with E-state index in [0.29, 0.717) is 17.9 Å². The van der Waals surface area contributed by atoms with Gasteiger partial charge in [-0.15, -0.1) is 0 Å². The SMILES string of the molecule is CC(C)=CC(=O)OCC(=O)NN1C(=O)N[C@@](C)(CCc2ccccc2)C1=O. The maximum absolute atomic E-state index is 12.6. The van der Waals surface area contributed by atoms with Crippen molar-refractivity contribution >= 4 is 23.8 Å². The number of urea groups is 1. The monoisotopic (exact) mass is 373 g/mol. The minimum absolute atomic E-state index is 0.378. The van der Waals surface area contributed by atoms with Crippen molar-refractivity contribution < 1.29 is 23.9 Å². The van der Waals surface area contributed by atoms with Gasteiger partial charge in [-0.2, -0.15) is 5.01 Å². The number of carbonyl (C=O) groups is 4. The summed E-state index contributed by atoms with van der Waals surface area (Å²) in [5.41, 5.74) is 2.81. The number of imide groups is 1. The first kappa shape index (κ1) is 20.2. The lowest BCUT2D eigenvalue weighted by atomic mass is 9.93. The first-order valence-electron chi connectivity index (χ1n) is 8.53. The molecule has 2 rings (SSSR count). The number of benzene rings is 1. The van der Waals surface area contributed by atoms with Crippen LogP contribution in [0, 0.1) is 0 Å². The molecule has 144 valence electrons. The van der Waals surface area contributed by atoms with E-state index < -0.39 is 36.0 Å². The zero-order valence-corrected chi connectivity index (χ0v) is 15.6. The average molecular weight is 373 g/mol. The van der Waals surface area contributed by atoms with Gasteiger partial charge < -0.3 is 10.1 Å². The summed E-state index contributed by atoms with van der Waals surface area (Å²) in [6, 6.07) is 8.84. The highest BCUT2D eigenvalue weighted by molar-refractivity contribution is 6.07. The second kappa shape index (κ2) is 8.48. The molecule has 1 heterocycles. The molecule has 1 fully saturated rings. The zero-order valence-electron chi connectivity index (χ0n) is 15.6. The molecule has 8 heteroatoms. The van der Waals surface area contributed by atoms with E-state index in [1.54, 1.807) is 20.8 Å². The molecular formula is C19H23N3O5. The van der Waals surface area contributed by atoms with Crippen molar-refractivity contribution in [3.63, 3.8) is 0 Å². The van der Waals surface area contributed by atoms with Gasteiger partial charge in [0.25, 0.3) is 11.8 Å². The molecule has 27 heavy (non-hydrogen) atoms. The lowest BCUT2D eigenvalue weighted by molar-refractivity contribution is -0.147. The van der Waals surface area contributed by atoms with Gasteiger partial charge in [0.2, 0.25) is 0 Å². The molecule has 0 bridgehead atoms. The number of rotatable bonds is 7. The predicted molar refractivity (Wildman–Crippen MR) is 97.1 cm³/mol. The molecule has 1 aliphatic heterocycles. The third-order valence-corrected chi connectivity index (χ3v) is 4.01. The first-order chi connectivity index (χ1) is 12.7. The number of aryl methyl sites for hydroxylation is 1. The number of esters is 1. The Labute approximate surface area is 157 Å². The molecule has 0 radical (unpaired) electrons. The minimum atomic E-state index is -1.13. The summed E-state index contributed by atoms with van der Waals surface area (Å²) in [7, 11) is 0. The lowest BCUT2D eigenvalue weighted by Gasteiger charge is -2.21. The smallest absolute Gasteiger partial charge is 0.344 e. The molecule has 0 spiro atoms. The van der Waals surface area contributed by atoms with Crippen LogP contribution in [0.15, 0.2) is 42.0 Å². The van der Waals surface area contributed by atoms with Crippen LogP contribution in [-0.2, 0) is 25.5 Å². The van der Waals surface area contributed by atoms with Crippen molar-refractivity contribution in [2.75, 3.05) is 6.61 Å². The van der Waals surface area contributed by atoms with E-state index in [2.05, 4.69) is 10.7 Å². The van der Waals surface area contributed by atoms with Crippen molar-refractivity contribution in [3.05, 3.63) is 47.5 Å². The molecule has 0 aliphatic carbocycles. The van der Waals surface area contributed by atoms with Crippen molar-refractivity contribution in [2.24, 2.45) is 0 Å². The molecule has 2 N–H and O–H groups in total. The summed E-state index contributed by atoms with van der Waals surface area (Å²) in [6.45, 7) is 4.44. The third-order valence-electron chi connectivity index (χ3n) is 4.01. The summed E-state index contributed by atoms with van der Waals surface area (Å²) in [5.74, 6) is -2.01. The van der Waals surface area contributed by atoms with Gasteiger partial charge in [-0.3, -0.25) is 15.0 Å². The van der Waals surface area contributed by atoms with E-state index in [0.717, 1.165) is 11.1 Å². The predicted octanol–water partition coefficient (Wildman–Crippen LogP) is 1.47. The van der Waals surface area contributed by atoms with Gasteiger partial charge in [0.05, 0.1) is 0 Å². The van der Waals surface area contributed by atoms with Crippen LogP contribution in [0.3, 0.4) is 0 Å². The van der Waals surface area contributed by atoms with Gasteiger partial charge in [-0.1, -0.05) is 35.9 Å². The van der Waals surface area contributed by atoms with Gasteiger partial charge in [0.1, 0.15) is 5.54 Å². The second-order valence-corrected chi connectivity index (χ2v) is 6.75. The molecule has 0 unspecified atom stereocenters. The molecule has 1 aliphatic rings. The highest BCUT2D eigenvalue weighted by Crippen LogP contribution is 2.22. The van der Waals surface area contributed by atoms with Gasteiger partial charge in [0.15, 0.2) is 6.61 Å². The largest absolute Gasteiger partial charge is 0.452 e. The summed E-state index contributed by atoms with van der Waals surface area (Å²) in [5, 5.41) is 3.23. The van der Waals surface area contributed by atoms with Crippen molar-refractivity contribution in [2.45, 2.75) is 39.2 Å². The molecular weight excluding hydrogens is 350 g/mol. The summed E-state index contributed by atoms with van der Waals surface area (Å²) in [6.07, 6.45) is 2.20. The lowest BCUT2D eigenvalue weighted by Crippen LogP contribution is -2.49. The van der Waals surface area contributed by atoms with E-state index in [4.69, 9.17) is 4.74 Å². The quantitative estimate of drug-likeness (QED) is 0.428. The van der Waals surface area contributed by atoms with E-state index in [1.165, 1.54) is 6.08 Å². The topological polar surface area (TPSA) is 105 Å². The Kier molecular flexibility index (Phi) is 6.33. The molecule has 8 nitrogen and oxygen atoms in total. The Hall–Kier alpha value is -3.16. The molecule has 0 aromatic heterocycles. The number of nitrogens with one attached hydrogen (secondary N) is 2. The van der Waals surface area contributed by atoms with E-state index in [1.807, 2.05) is 30.3 Å². The maximum Gasteiger partial charge on any atom is 0.344 e. The highest BCUT2D eigenvalue weighted by Gasteiger charge is 2.48. The Morgan fingerprint density at radius 2 is 1.89 bits per heavy atom. The molecule has 1 atom stereocenters. The van der Waals surface area contributed by atoms with E-state index >= 15 is 0 Å². The number of allylic oxidation sites excluding steroid dienone is 1. The van der Waals surface area contributed by atoms with Gasteiger partial charge >= 0.3 is 12.0 Å².